The zero-order chi connectivity index (χ0) is 15.4. The molecule has 0 saturated carbocycles. The van der Waals surface area contributed by atoms with E-state index < -0.39 is 0 Å². The molecule has 2 aromatic rings. The highest BCUT2D eigenvalue weighted by Gasteiger charge is 2.18. The van der Waals surface area contributed by atoms with Crippen molar-refractivity contribution in [2.75, 3.05) is 23.3 Å². The number of hydrogen-bond acceptors (Lipinski definition) is 4. The summed E-state index contributed by atoms with van der Waals surface area (Å²) in [5, 5.41) is 4.36. The Hall–Kier alpha value is -1.84. The van der Waals surface area contributed by atoms with Crippen molar-refractivity contribution in [3.05, 3.63) is 24.3 Å². The van der Waals surface area contributed by atoms with Gasteiger partial charge in [-0.15, -0.1) is 0 Å². The van der Waals surface area contributed by atoms with Gasteiger partial charge in [-0.2, -0.15) is 4.98 Å². The molecule has 114 valence electrons. The second kappa shape index (κ2) is 6.74. The molecule has 0 fully saturated rings. The minimum Gasteiger partial charge on any atom is -0.354 e. The molecule has 4 nitrogen and oxygen atoms in total. The molecule has 0 amide bonds. The van der Waals surface area contributed by atoms with Crippen LogP contribution in [0.2, 0.25) is 0 Å². The number of nitrogens with one attached hydrogen (secondary N) is 1. The standard InChI is InChI=1S/C17H26N4/c1-6-18-17-19-15-10-8-7-9-14(15)16(20-17)21(13(4)5)11-12(2)3/h7-10,12-13H,6,11H2,1-5H3,(H,18,19,20). The van der Waals surface area contributed by atoms with Gasteiger partial charge in [-0.1, -0.05) is 26.0 Å². The van der Waals surface area contributed by atoms with Crippen LogP contribution in [0.25, 0.3) is 10.9 Å². The second-order valence-corrected chi connectivity index (χ2v) is 6.06. The number of fused-ring (bicyclic) bond motifs is 1. The van der Waals surface area contributed by atoms with Crippen LogP contribution in [0.1, 0.15) is 34.6 Å². The van der Waals surface area contributed by atoms with Gasteiger partial charge >= 0.3 is 0 Å². The van der Waals surface area contributed by atoms with Crippen molar-refractivity contribution in [3.63, 3.8) is 0 Å². The van der Waals surface area contributed by atoms with Gasteiger partial charge in [0.05, 0.1) is 5.52 Å². The van der Waals surface area contributed by atoms with Crippen LogP contribution in [-0.4, -0.2) is 29.1 Å². The first-order chi connectivity index (χ1) is 10.0. The van der Waals surface area contributed by atoms with E-state index in [1.54, 1.807) is 0 Å². The maximum Gasteiger partial charge on any atom is 0.225 e. The zero-order valence-corrected chi connectivity index (χ0v) is 13.7. The molecule has 1 aromatic carbocycles. The van der Waals surface area contributed by atoms with Crippen LogP contribution in [0.4, 0.5) is 11.8 Å². The highest BCUT2D eigenvalue weighted by atomic mass is 15.2. The molecular formula is C17H26N4. The molecule has 1 aromatic heterocycles. The summed E-state index contributed by atoms with van der Waals surface area (Å²) in [6.45, 7) is 12.8. The summed E-state index contributed by atoms with van der Waals surface area (Å²) >= 11 is 0. The Balaban J connectivity index is 2.57. The van der Waals surface area contributed by atoms with Gasteiger partial charge in [0.1, 0.15) is 5.82 Å². The molecular weight excluding hydrogens is 260 g/mol. The minimum absolute atomic E-state index is 0.403. The van der Waals surface area contributed by atoms with Crippen molar-refractivity contribution < 1.29 is 0 Å². The molecule has 0 aliphatic heterocycles. The molecule has 0 unspecified atom stereocenters. The third kappa shape index (κ3) is 3.63. The van der Waals surface area contributed by atoms with Gasteiger partial charge in [0.25, 0.3) is 0 Å². The zero-order valence-electron chi connectivity index (χ0n) is 13.7. The van der Waals surface area contributed by atoms with Crippen molar-refractivity contribution in [3.8, 4) is 0 Å². The predicted octanol–water partition coefficient (Wildman–Crippen LogP) is 3.93. The minimum atomic E-state index is 0.403. The maximum absolute atomic E-state index is 4.77. The van der Waals surface area contributed by atoms with Gasteiger partial charge in [-0.25, -0.2) is 4.98 Å². The maximum atomic E-state index is 4.77. The van der Waals surface area contributed by atoms with Gasteiger partial charge in [0, 0.05) is 24.5 Å². The number of rotatable bonds is 6. The van der Waals surface area contributed by atoms with Crippen LogP contribution in [0.5, 0.6) is 0 Å². The molecule has 1 N–H and O–H groups in total. The topological polar surface area (TPSA) is 41.1 Å². The number of nitrogens with zero attached hydrogens (tertiary/aromatic N) is 3. The summed E-state index contributed by atoms with van der Waals surface area (Å²) in [4.78, 5) is 11.7. The van der Waals surface area contributed by atoms with Crippen molar-refractivity contribution in [2.45, 2.75) is 40.7 Å². The van der Waals surface area contributed by atoms with Crippen LogP contribution in [-0.2, 0) is 0 Å². The number of benzene rings is 1. The molecule has 0 radical (unpaired) electrons. The molecule has 1 heterocycles. The molecule has 0 bridgehead atoms. The van der Waals surface area contributed by atoms with Crippen molar-refractivity contribution in [2.24, 2.45) is 5.92 Å². The van der Waals surface area contributed by atoms with Crippen LogP contribution < -0.4 is 10.2 Å². The largest absolute Gasteiger partial charge is 0.354 e. The smallest absolute Gasteiger partial charge is 0.225 e. The van der Waals surface area contributed by atoms with Crippen LogP contribution >= 0.6 is 0 Å². The molecule has 0 aliphatic carbocycles. The molecule has 0 saturated heterocycles. The fourth-order valence-corrected chi connectivity index (χ4v) is 2.45. The first-order valence-corrected chi connectivity index (χ1v) is 7.80. The van der Waals surface area contributed by atoms with Crippen molar-refractivity contribution in [1.82, 2.24) is 9.97 Å². The monoisotopic (exact) mass is 286 g/mol. The Morgan fingerprint density at radius 2 is 1.81 bits per heavy atom. The molecule has 0 atom stereocenters. The molecule has 21 heavy (non-hydrogen) atoms. The van der Waals surface area contributed by atoms with Gasteiger partial charge < -0.3 is 10.2 Å². The summed E-state index contributed by atoms with van der Waals surface area (Å²) in [7, 11) is 0. The summed E-state index contributed by atoms with van der Waals surface area (Å²) < 4.78 is 0. The van der Waals surface area contributed by atoms with Crippen LogP contribution in [0, 0.1) is 5.92 Å². The van der Waals surface area contributed by atoms with E-state index in [0.29, 0.717) is 17.9 Å². The van der Waals surface area contributed by atoms with E-state index in [9.17, 15) is 0 Å². The summed E-state index contributed by atoms with van der Waals surface area (Å²) in [6.07, 6.45) is 0. The molecule has 0 spiro atoms. The Kier molecular flexibility index (Phi) is 4.99. The third-order valence-electron chi connectivity index (χ3n) is 3.38. The number of anilines is 2. The van der Waals surface area contributed by atoms with E-state index in [2.05, 4.69) is 68.0 Å². The van der Waals surface area contributed by atoms with E-state index >= 15 is 0 Å². The van der Waals surface area contributed by atoms with Crippen LogP contribution in [0.3, 0.4) is 0 Å². The van der Waals surface area contributed by atoms with Crippen molar-refractivity contribution >= 4 is 22.7 Å². The number of hydrogen-bond donors (Lipinski definition) is 1. The van der Waals surface area contributed by atoms with Gasteiger partial charge in [-0.05, 0) is 38.8 Å². The van der Waals surface area contributed by atoms with Crippen molar-refractivity contribution in [1.29, 1.82) is 0 Å². The van der Waals surface area contributed by atoms with E-state index in [-0.39, 0.29) is 0 Å². The highest BCUT2D eigenvalue weighted by Crippen LogP contribution is 2.27. The van der Waals surface area contributed by atoms with Gasteiger partial charge in [0.15, 0.2) is 0 Å². The lowest BCUT2D eigenvalue weighted by Crippen LogP contribution is -2.35. The Labute approximate surface area is 127 Å². The lowest BCUT2D eigenvalue weighted by molar-refractivity contribution is 0.567. The lowest BCUT2D eigenvalue weighted by atomic mass is 10.1. The predicted molar refractivity (Wildman–Crippen MR) is 91.0 cm³/mol. The lowest BCUT2D eigenvalue weighted by Gasteiger charge is -2.30. The van der Waals surface area contributed by atoms with Gasteiger partial charge in [-0.3, -0.25) is 0 Å². The number of aromatic nitrogens is 2. The fourth-order valence-electron chi connectivity index (χ4n) is 2.45. The fraction of sp³-hybridized carbons (Fsp3) is 0.529. The average Bonchev–Trinajstić information content (AvgIpc) is 2.44. The van der Waals surface area contributed by atoms with E-state index in [1.165, 1.54) is 0 Å². The quantitative estimate of drug-likeness (QED) is 0.873. The van der Waals surface area contributed by atoms with E-state index in [4.69, 9.17) is 4.98 Å². The molecule has 4 heteroatoms. The second-order valence-electron chi connectivity index (χ2n) is 6.06. The highest BCUT2D eigenvalue weighted by molar-refractivity contribution is 5.90. The Bertz CT molecular complexity index is 592. The van der Waals surface area contributed by atoms with Gasteiger partial charge in [0.2, 0.25) is 5.95 Å². The summed E-state index contributed by atoms with van der Waals surface area (Å²) in [6, 6.07) is 8.64. The van der Waals surface area contributed by atoms with E-state index in [0.717, 1.165) is 29.8 Å². The normalized spacial score (nSPS) is 11.4. The molecule has 2 rings (SSSR count). The summed E-state index contributed by atoms with van der Waals surface area (Å²) in [5.41, 5.74) is 0.993. The molecule has 0 aliphatic rings. The van der Waals surface area contributed by atoms with Crippen LogP contribution in [0.15, 0.2) is 24.3 Å². The first kappa shape index (κ1) is 15.5. The first-order valence-electron chi connectivity index (χ1n) is 7.80. The Morgan fingerprint density at radius 1 is 1.10 bits per heavy atom. The average molecular weight is 286 g/mol. The third-order valence-corrected chi connectivity index (χ3v) is 3.38. The van der Waals surface area contributed by atoms with E-state index in [1.807, 2.05) is 6.07 Å². The summed E-state index contributed by atoms with van der Waals surface area (Å²) in [5.74, 6) is 2.32. The SMILES string of the molecule is CCNc1nc(N(CC(C)C)C(C)C)c2ccccc2n1. The Morgan fingerprint density at radius 3 is 2.43 bits per heavy atom. The number of para-hydroxylation sites is 1.